The molecule has 5 nitrogen and oxygen atoms in total. The van der Waals surface area contributed by atoms with Gasteiger partial charge in [0.1, 0.15) is 6.04 Å². The van der Waals surface area contributed by atoms with Crippen molar-refractivity contribution in [2.45, 2.75) is 17.9 Å². The number of rotatable bonds is 5. The van der Waals surface area contributed by atoms with Crippen LogP contribution in [0, 0.1) is 11.6 Å². The van der Waals surface area contributed by atoms with Gasteiger partial charge in [0.05, 0.1) is 19.0 Å². The van der Waals surface area contributed by atoms with Crippen molar-refractivity contribution in [3.8, 4) is 0 Å². The molecule has 23 heavy (non-hydrogen) atoms. The van der Waals surface area contributed by atoms with Gasteiger partial charge in [0, 0.05) is 18.0 Å². The number of morpholine rings is 1. The van der Waals surface area contributed by atoms with Gasteiger partial charge in [-0.1, -0.05) is 0 Å². The Morgan fingerprint density at radius 2 is 2.00 bits per heavy atom. The molecule has 2 amide bonds. The molecule has 0 saturated carbocycles. The number of carbonyl (C=O) groups excluding carboxylic acids is 2. The van der Waals surface area contributed by atoms with Crippen LogP contribution in [0.2, 0.25) is 0 Å². The number of benzene rings is 1. The molecule has 1 fully saturated rings. The van der Waals surface area contributed by atoms with Gasteiger partial charge in [-0.2, -0.15) is 0 Å². The Hall–Kier alpha value is -1.67. The van der Waals surface area contributed by atoms with Gasteiger partial charge < -0.3 is 15.0 Å². The SMILES string of the molecule is CC(NC(=O)CSc1ccc(F)c(F)c1)C(=O)N1CCOCC1. The number of hydrogen-bond acceptors (Lipinski definition) is 4. The standard InChI is InChI=1S/C15H18F2N2O3S/c1-10(15(21)19-4-6-22-7-5-19)18-14(20)9-23-11-2-3-12(16)13(17)8-11/h2-3,8,10H,4-7,9H2,1H3,(H,18,20). The summed E-state index contributed by atoms with van der Waals surface area (Å²) in [6, 6.07) is 2.82. The second kappa shape index (κ2) is 8.26. The van der Waals surface area contributed by atoms with Gasteiger partial charge in [-0.25, -0.2) is 8.78 Å². The van der Waals surface area contributed by atoms with E-state index in [4.69, 9.17) is 4.74 Å². The summed E-state index contributed by atoms with van der Waals surface area (Å²) in [6.45, 7) is 3.65. The zero-order valence-electron chi connectivity index (χ0n) is 12.7. The zero-order valence-corrected chi connectivity index (χ0v) is 13.5. The highest BCUT2D eigenvalue weighted by atomic mass is 32.2. The quantitative estimate of drug-likeness (QED) is 0.821. The zero-order chi connectivity index (χ0) is 16.8. The summed E-state index contributed by atoms with van der Waals surface area (Å²) in [4.78, 5) is 26.1. The number of amides is 2. The Balaban J connectivity index is 1.79. The first-order valence-electron chi connectivity index (χ1n) is 7.21. The van der Waals surface area contributed by atoms with E-state index in [-0.39, 0.29) is 17.6 Å². The molecule has 1 N–H and O–H groups in total. The monoisotopic (exact) mass is 344 g/mol. The van der Waals surface area contributed by atoms with Crippen molar-refractivity contribution >= 4 is 23.6 Å². The highest BCUT2D eigenvalue weighted by molar-refractivity contribution is 8.00. The van der Waals surface area contributed by atoms with Gasteiger partial charge in [-0.05, 0) is 25.1 Å². The molecule has 1 aliphatic heterocycles. The van der Waals surface area contributed by atoms with Crippen molar-refractivity contribution in [3.63, 3.8) is 0 Å². The van der Waals surface area contributed by atoms with Crippen LogP contribution < -0.4 is 5.32 Å². The Morgan fingerprint density at radius 1 is 1.30 bits per heavy atom. The van der Waals surface area contributed by atoms with E-state index in [2.05, 4.69) is 5.32 Å². The Bertz CT molecular complexity index is 580. The largest absolute Gasteiger partial charge is 0.378 e. The molecule has 0 spiro atoms. The molecule has 0 bridgehead atoms. The Labute approximate surface area is 137 Å². The van der Waals surface area contributed by atoms with Gasteiger partial charge in [-0.3, -0.25) is 9.59 Å². The number of halogens is 2. The van der Waals surface area contributed by atoms with Gasteiger partial charge in [-0.15, -0.1) is 11.8 Å². The average molecular weight is 344 g/mol. The van der Waals surface area contributed by atoms with E-state index in [0.717, 1.165) is 23.9 Å². The minimum atomic E-state index is -0.953. The normalized spacial score (nSPS) is 16.0. The highest BCUT2D eigenvalue weighted by Crippen LogP contribution is 2.20. The molecule has 1 atom stereocenters. The number of ether oxygens (including phenoxy) is 1. The molecule has 1 aliphatic rings. The van der Waals surface area contributed by atoms with Crippen LogP contribution in [0.1, 0.15) is 6.92 Å². The minimum Gasteiger partial charge on any atom is -0.378 e. The van der Waals surface area contributed by atoms with E-state index < -0.39 is 17.7 Å². The van der Waals surface area contributed by atoms with Crippen molar-refractivity contribution < 1.29 is 23.1 Å². The lowest BCUT2D eigenvalue weighted by atomic mass is 10.2. The fraction of sp³-hybridized carbons (Fsp3) is 0.467. The van der Waals surface area contributed by atoms with Crippen LogP contribution in [0.5, 0.6) is 0 Å². The van der Waals surface area contributed by atoms with Crippen molar-refractivity contribution in [1.82, 2.24) is 10.2 Å². The molecule has 1 unspecified atom stereocenters. The second-order valence-electron chi connectivity index (χ2n) is 5.09. The first-order chi connectivity index (χ1) is 11.0. The molecule has 1 saturated heterocycles. The van der Waals surface area contributed by atoms with Crippen molar-refractivity contribution in [1.29, 1.82) is 0 Å². The number of thioether (sulfide) groups is 1. The third kappa shape index (κ3) is 5.18. The maximum Gasteiger partial charge on any atom is 0.245 e. The Morgan fingerprint density at radius 3 is 2.65 bits per heavy atom. The first kappa shape index (κ1) is 17.7. The molecular weight excluding hydrogens is 326 g/mol. The summed E-state index contributed by atoms with van der Waals surface area (Å²) in [6.07, 6.45) is 0. The van der Waals surface area contributed by atoms with Gasteiger partial charge in [0.25, 0.3) is 0 Å². The van der Waals surface area contributed by atoms with E-state index in [1.165, 1.54) is 6.07 Å². The maximum atomic E-state index is 13.1. The Kier molecular flexibility index (Phi) is 6.35. The summed E-state index contributed by atoms with van der Waals surface area (Å²) in [5.41, 5.74) is 0. The predicted octanol–water partition coefficient (Wildman–Crippen LogP) is 1.42. The summed E-state index contributed by atoms with van der Waals surface area (Å²) in [7, 11) is 0. The number of hydrogen-bond donors (Lipinski definition) is 1. The molecular formula is C15H18F2N2O3S. The minimum absolute atomic E-state index is 0.0196. The number of carbonyl (C=O) groups is 2. The predicted molar refractivity (Wildman–Crippen MR) is 82.1 cm³/mol. The molecule has 2 rings (SSSR count). The van der Waals surface area contributed by atoms with E-state index in [1.807, 2.05) is 0 Å². The molecule has 0 aromatic heterocycles. The van der Waals surface area contributed by atoms with Crippen LogP contribution in [-0.4, -0.2) is 54.8 Å². The summed E-state index contributed by atoms with van der Waals surface area (Å²) in [5.74, 6) is -2.35. The summed E-state index contributed by atoms with van der Waals surface area (Å²) >= 11 is 1.08. The van der Waals surface area contributed by atoms with Gasteiger partial charge in [0.15, 0.2) is 11.6 Å². The van der Waals surface area contributed by atoms with E-state index in [1.54, 1.807) is 11.8 Å². The van der Waals surface area contributed by atoms with Crippen LogP contribution in [0.15, 0.2) is 23.1 Å². The lowest BCUT2D eigenvalue weighted by molar-refractivity contribution is -0.139. The molecule has 1 aromatic carbocycles. The fourth-order valence-corrected chi connectivity index (χ4v) is 2.85. The number of nitrogens with one attached hydrogen (secondary N) is 1. The lowest BCUT2D eigenvalue weighted by Gasteiger charge is -2.29. The van der Waals surface area contributed by atoms with Crippen molar-refractivity contribution in [2.24, 2.45) is 0 Å². The molecule has 0 aliphatic carbocycles. The van der Waals surface area contributed by atoms with Crippen LogP contribution >= 0.6 is 11.8 Å². The number of nitrogens with zero attached hydrogens (tertiary/aromatic N) is 1. The molecule has 1 heterocycles. The van der Waals surface area contributed by atoms with E-state index >= 15 is 0 Å². The third-order valence-electron chi connectivity index (χ3n) is 3.33. The van der Waals surface area contributed by atoms with E-state index in [9.17, 15) is 18.4 Å². The average Bonchev–Trinajstić information content (AvgIpc) is 2.56. The smallest absolute Gasteiger partial charge is 0.245 e. The van der Waals surface area contributed by atoms with Crippen molar-refractivity contribution in [2.75, 3.05) is 32.1 Å². The summed E-state index contributed by atoms with van der Waals surface area (Å²) < 4.78 is 31.1. The third-order valence-corrected chi connectivity index (χ3v) is 4.33. The van der Waals surface area contributed by atoms with Crippen LogP contribution in [0.25, 0.3) is 0 Å². The topological polar surface area (TPSA) is 58.6 Å². The van der Waals surface area contributed by atoms with Crippen LogP contribution in [0.3, 0.4) is 0 Å². The molecule has 0 radical (unpaired) electrons. The second-order valence-corrected chi connectivity index (χ2v) is 6.14. The van der Waals surface area contributed by atoms with E-state index in [0.29, 0.717) is 31.2 Å². The van der Waals surface area contributed by atoms with Crippen LogP contribution in [-0.2, 0) is 14.3 Å². The van der Waals surface area contributed by atoms with Gasteiger partial charge >= 0.3 is 0 Å². The highest BCUT2D eigenvalue weighted by Gasteiger charge is 2.23. The summed E-state index contributed by atoms with van der Waals surface area (Å²) in [5, 5.41) is 2.61. The molecule has 126 valence electrons. The maximum absolute atomic E-state index is 13.1. The first-order valence-corrected chi connectivity index (χ1v) is 8.19. The van der Waals surface area contributed by atoms with Crippen molar-refractivity contribution in [3.05, 3.63) is 29.8 Å². The van der Waals surface area contributed by atoms with Gasteiger partial charge in [0.2, 0.25) is 11.8 Å². The molecule has 8 heteroatoms. The molecule has 1 aromatic rings. The lowest BCUT2D eigenvalue weighted by Crippen LogP contribution is -2.50. The fourth-order valence-electron chi connectivity index (χ4n) is 2.12. The van der Waals surface area contributed by atoms with Crippen LogP contribution in [0.4, 0.5) is 8.78 Å².